The fourth-order valence-corrected chi connectivity index (χ4v) is 1.61. The number of aliphatic hydroxyl groups excluding tert-OH is 1. The number of aliphatic carboxylic acids is 1. The molecule has 1 saturated heterocycles. The number of carbonyl (C=O) groups excluding carboxylic acids is 2. The van der Waals surface area contributed by atoms with E-state index >= 15 is 0 Å². The summed E-state index contributed by atoms with van der Waals surface area (Å²) in [4.78, 5) is 33.4. The maximum Gasteiger partial charge on any atom is 0.380 e. The fraction of sp³-hybridized carbons (Fsp3) is 0.0833. The summed E-state index contributed by atoms with van der Waals surface area (Å²) < 4.78 is 4.38. The summed E-state index contributed by atoms with van der Waals surface area (Å²) in [7, 11) is 0. The molecule has 1 aliphatic rings. The van der Waals surface area contributed by atoms with Gasteiger partial charge in [0.15, 0.2) is 0 Å². The molecule has 1 unspecified atom stereocenters. The molecule has 1 fully saturated rings. The Kier molecular flexibility index (Phi) is 2.85. The Hall–Kier alpha value is -2.63. The molecule has 0 aromatic heterocycles. The highest BCUT2D eigenvalue weighted by Gasteiger charge is 2.45. The maximum absolute atomic E-state index is 11.5. The highest BCUT2D eigenvalue weighted by Crippen LogP contribution is 2.26. The van der Waals surface area contributed by atoms with Gasteiger partial charge in [0.05, 0.1) is 0 Å². The van der Waals surface area contributed by atoms with Crippen LogP contribution in [0.4, 0.5) is 0 Å². The van der Waals surface area contributed by atoms with Crippen molar-refractivity contribution in [2.45, 2.75) is 6.10 Å². The normalized spacial score (nSPS) is 21.7. The molecule has 2 rings (SSSR count). The van der Waals surface area contributed by atoms with E-state index in [2.05, 4.69) is 4.74 Å². The van der Waals surface area contributed by atoms with E-state index in [-0.39, 0.29) is 5.56 Å². The van der Waals surface area contributed by atoms with Crippen molar-refractivity contribution in [3.63, 3.8) is 0 Å². The van der Waals surface area contributed by atoms with E-state index in [0.717, 1.165) is 0 Å². The van der Waals surface area contributed by atoms with Gasteiger partial charge >= 0.3 is 11.9 Å². The number of ketones is 1. The molecule has 6 nitrogen and oxygen atoms in total. The molecule has 18 heavy (non-hydrogen) atoms. The smallest absolute Gasteiger partial charge is 0.380 e. The Bertz CT molecular complexity index is 557. The molecule has 1 aliphatic heterocycles. The first-order valence-electron chi connectivity index (χ1n) is 4.99. The van der Waals surface area contributed by atoms with E-state index in [1.165, 1.54) is 12.1 Å². The molecule has 0 saturated carbocycles. The van der Waals surface area contributed by atoms with Crippen LogP contribution in [0.25, 0.3) is 5.76 Å². The largest absolute Gasteiger partial charge is 0.507 e. The van der Waals surface area contributed by atoms with Gasteiger partial charge in [0.1, 0.15) is 11.3 Å². The second-order valence-electron chi connectivity index (χ2n) is 3.58. The van der Waals surface area contributed by atoms with Gasteiger partial charge in [-0.15, -0.1) is 0 Å². The zero-order valence-corrected chi connectivity index (χ0v) is 8.99. The fourth-order valence-electron chi connectivity index (χ4n) is 1.61. The second kappa shape index (κ2) is 4.33. The van der Waals surface area contributed by atoms with Crippen LogP contribution in [0.2, 0.25) is 0 Å². The molecular weight excluding hydrogens is 240 g/mol. The van der Waals surface area contributed by atoms with Gasteiger partial charge in [-0.1, -0.05) is 30.3 Å². The van der Waals surface area contributed by atoms with Crippen molar-refractivity contribution in [1.82, 2.24) is 0 Å². The van der Waals surface area contributed by atoms with Crippen molar-refractivity contribution in [1.29, 1.82) is 0 Å². The van der Waals surface area contributed by atoms with Gasteiger partial charge in [-0.3, -0.25) is 4.79 Å². The lowest BCUT2D eigenvalue weighted by Crippen LogP contribution is -2.22. The van der Waals surface area contributed by atoms with Crippen LogP contribution in [0.5, 0.6) is 0 Å². The maximum atomic E-state index is 11.5. The third kappa shape index (κ3) is 1.84. The van der Waals surface area contributed by atoms with Crippen LogP contribution in [-0.4, -0.2) is 34.0 Å². The van der Waals surface area contributed by atoms with Crippen LogP contribution >= 0.6 is 0 Å². The SMILES string of the molecule is O=C1OC(C(=O)O)/C(=C(\O)c2ccccc2)C1=O. The average molecular weight is 248 g/mol. The number of ether oxygens (including phenoxy) is 1. The summed E-state index contributed by atoms with van der Waals surface area (Å²) in [6.45, 7) is 0. The number of carboxylic acid groups (broad SMARTS) is 1. The predicted molar refractivity (Wildman–Crippen MR) is 58.5 cm³/mol. The Morgan fingerprint density at radius 3 is 2.28 bits per heavy atom. The van der Waals surface area contributed by atoms with Crippen LogP contribution in [0.3, 0.4) is 0 Å². The Balaban J connectivity index is 2.55. The summed E-state index contributed by atoms with van der Waals surface area (Å²) in [5.41, 5.74) is -0.302. The van der Waals surface area contributed by atoms with Crippen LogP contribution < -0.4 is 0 Å². The molecule has 0 bridgehead atoms. The van der Waals surface area contributed by atoms with E-state index in [1.807, 2.05) is 0 Å². The number of benzene rings is 1. The third-order valence-corrected chi connectivity index (χ3v) is 2.44. The summed E-state index contributed by atoms with van der Waals surface area (Å²) in [5, 5.41) is 18.7. The van der Waals surface area contributed by atoms with Gasteiger partial charge in [0, 0.05) is 5.56 Å². The Morgan fingerprint density at radius 1 is 1.11 bits per heavy atom. The zero-order chi connectivity index (χ0) is 13.3. The molecule has 0 amide bonds. The number of hydrogen-bond acceptors (Lipinski definition) is 5. The minimum atomic E-state index is -1.76. The van der Waals surface area contributed by atoms with Crippen LogP contribution in [0.15, 0.2) is 35.9 Å². The highest BCUT2D eigenvalue weighted by molar-refractivity contribution is 6.45. The second-order valence-corrected chi connectivity index (χ2v) is 3.58. The molecular formula is C12H8O6. The zero-order valence-electron chi connectivity index (χ0n) is 8.99. The summed E-state index contributed by atoms with van der Waals surface area (Å²) in [6.07, 6.45) is -1.76. The van der Waals surface area contributed by atoms with Gasteiger partial charge in [0.2, 0.25) is 6.10 Å². The third-order valence-electron chi connectivity index (χ3n) is 2.44. The van der Waals surface area contributed by atoms with Crippen molar-refractivity contribution in [2.75, 3.05) is 0 Å². The van der Waals surface area contributed by atoms with Gasteiger partial charge in [0.25, 0.3) is 5.78 Å². The molecule has 2 N–H and O–H groups in total. The minimum Gasteiger partial charge on any atom is -0.507 e. The number of carbonyl (C=O) groups is 3. The van der Waals surface area contributed by atoms with E-state index in [1.54, 1.807) is 18.2 Å². The number of cyclic esters (lactones) is 1. The molecule has 6 heteroatoms. The molecule has 1 atom stereocenters. The first-order chi connectivity index (χ1) is 8.52. The van der Waals surface area contributed by atoms with E-state index < -0.39 is 35.2 Å². The predicted octanol–water partition coefficient (Wildman–Crippen LogP) is 0.535. The van der Waals surface area contributed by atoms with Crippen molar-refractivity contribution in [3.05, 3.63) is 41.5 Å². The minimum absolute atomic E-state index is 0.241. The number of aliphatic hydroxyl groups is 1. The van der Waals surface area contributed by atoms with Crippen molar-refractivity contribution < 1.29 is 29.3 Å². The van der Waals surface area contributed by atoms with Gasteiger partial charge < -0.3 is 14.9 Å². The average Bonchev–Trinajstić information content (AvgIpc) is 2.66. The first kappa shape index (κ1) is 11.8. The number of esters is 1. The van der Waals surface area contributed by atoms with E-state index in [9.17, 15) is 19.5 Å². The molecule has 1 aromatic rings. The lowest BCUT2D eigenvalue weighted by atomic mass is 10.0. The number of hydrogen-bond donors (Lipinski definition) is 2. The molecule has 0 radical (unpaired) electrons. The summed E-state index contributed by atoms with van der Waals surface area (Å²) in [6, 6.07) is 7.86. The molecule has 0 spiro atoms. The van der Waals surface area contributed by atoms with Crippen molar-refractivity contribution in [3.8, 4) is 0 Å². The van der Waals surface area contributed by atoms with Gasteiger partial charge in [-0.05, 0) is 0 Å². The van der Waals surface area contributed by atoms with Crippen LogP contribution in [0.1, 0.15) is 5.56 Å². The lowest BCUT2D eigenvalue weighted by Gasteiger charge is -2.07. The molecule has 1 heterocycles. The molecule has 92 valence electrons. The topological polar surface area (TPSA) is 101 Å². The summed E-state index contributed by atoms with van der Waals surface area (Å²) in [5.74, 6) is -4.48. The first-order valence-corrected chi connectivity index (χ1v) is 4.99. The van der Waals surface area contributed by atoms with Gasteiger partial charge in [-0.25, -0.2) is 9.59 Å². The standard InChI is InChI=1S/C12H8O6/c13-8(6-4-2-1-3-5-6)7-9(14)12(17)18-10(7)11(15)16/h1-5,10,13H,(H,15,16)/b8-7-. The van der Waals surface area contributed by atoms with Crippen molar-refractivity contribution >= 4 is 23.5 Å². The molecule has 0 aliphatic carbocycles. The molecule has 1 aromatic carbocycles. The van der Waals surface area contributed by atoms with Crippen molar-refractivity contribution in [2.24, 2.45) is 0 Å². The summed E-state index contributed by atoms with van der Waals surface area (Å²) >= 11 is 0. The van der Waals surface area contributed by atoms with E-state index in [4.69, 9.17) is 5.11 Å². The van der Waals surface area contributed by atoms with Gasteiger partial charge in [-0.2, -0.15) is 0 Å². The number of rotatable bonds is 2. The number of carboxylic acids is 1. The monoisotopic (exact) mass is 248 g/mol. The Morgan fingerprint density at radius 2 is 1.72 bits per heavy atom. The van der Waals surface area contributed by atoms with E-state index in [0.29, 0.717) is 0 Å². The Labute approximate surface area is 101 Å². The van der Waals surface area contributed by atoms with Crippen LogP contribution in [0, 0.1) is 0 Å². The quantitative estimate of drug-likeness (QED) is 0.343. The number of Topliss-reactive ketones (excluding diaryl/α,β-unsaturated/α-hetero) is 1. The lowest BCUT2D eigenvalue weighted by molar-refractivity contribution is -0.157. The highest BCUT2D eigenvalue weighted by atomic mass is 16.6. The van der Waals surface area contributed by atoms with Crippen LogP contribution in [-0.2, 0) is 19.1 Å².